The summed E-state index contributed by atoms with van der Waals surface area (Å²) in [6.45, 7) is 4.68. The highest BCUT2D eigenvalue weighted by Crippen LogP contribution is 2.22. The number of halogens is 1. The van der Waals surface area contributed by atoms with Crippen LogP contribution in [0.3, 0.4) is 0 Å². The highest BCUT2D eigenvalue weighted by molar-refractivity contribution is 6.31. The van der Waals surface area contributed by atoms with Crippen molar-refractivity contribution in [3.63, 3.8) is 0 Å². The number of imide groups is 1. The van der Waals surface area contributed by atoms with Gasteiger partial charge in [-0.2, -0.15) is 5.10 Å². The molecule has 0 saturated carbocycles. The SMILES string of the molecule is Cc1ccc(Cn2nc(C)c(/C=C/C(=O)NCCN3C(=O)CNC3=O)c2Cl)cc1. The molecule has 0 aliphatic carbocycles. The molecule has 0 radical (unpaired) electrons. The second kappa shape index (κ2) is 8.91. The molecule has 2 aromatic rings. The molecule has 1 aliphatic heterocycles. The summed E-state index contributed by atoms with van der Waals surface area (Å²) < 4.78 is 1.69. The Labute approximate surface area is 173 Å². The predicted molar refractivity (Wildman–Crippen MR) is 109 cm³/mol. The molecule has 1 aromatic carbocycles. The van der Waals surface area contributed by atoms with Gasteiger partial charge in [0.25, 0.3) is 0 Å². The molecule has 8 nitrogen and oxygen atoms in total. The molecule has 2 N–H and O–H groups in total. The van der Waals surface area contributed by atoms with E-state index in [-0.39, 0.29) is 31.4 Å². The number of amides is 4. The zero-order valence-corrected chi connectivity index (χ0v) is 17.0. The van der Waals surface area contributed by atoms with Crippen LogP contribution in [0.5, 0.6) is 0 Å². The number of hydrogen-bond donors (Lipinski definition) is 2. The third-order valence-corrected chi connectivity index (χ3v) is 4.93. The number of aromatic nitrogens is 2. The highest BCUT2D eigenvalue weighted by atomic mass is 35.5. The Morgan fingerprint density at radius 3 is 2.66 bits per heavy atom. The summed E-state index contributed by atoms with van der Waals surface area (Å²) in [6.07, 6.45) is 2.97. The summed E-state index contributed by atoms with van der Waals surface area (Å²) in [5.41, 5.74) is 3.64. The average Bonchev–Trinajstić information content (AvgIpc) is 3.14. The summed E-state index contributed by atoms with van der Waals surface area (Å²) in [5.74, 6) is -0.651. The van der Waals surface area contributed by atoms with Gasteiger partial charge < -0.3 is 10.6 Å². The molecule has 1 aliphatic rings. The molecule has 0 spiro atoms. The Balaban J connectivity index is 1.57. The molecule has 1 fully saturated rings. The van der Waals surface area contributed by atoms with Crippen LogP contribution in [0.1, 0.15) is 22.4 Å². The van der Waals surface area contributed by atoms with Crippen LogP contribution in [0, 0.1) is 13.8 Å². The summed E-state index contributed by atoms with van der Waals surface area (Å²) >= 11 is 6.45. The second-order valence-electron chi connectivity index (χ2n) is 6.76. The molecule has 4 amide bonds. The summed E-state index contributed by atoms with van der Waals surface area (Å²) in [5, 5.41) is 9.97. The van der Waals surface area contributed by atoms with Crippen LogP contribution in [0.25, 0.3) is 6.08 Å². The van der Waals surface area contributed by atoms with Gasteiger partial charge in [0, 0.05) is 24.7 Å². The van der Waals surface area contributed by atoms with Crippen molar-refractivity contribution in [2.24, 2.45) is 0 Å². The van der Waals surface area contributed by atoms with Crippen LogP contribution in [0.15, 0.2) is 30.3 Å². The van der Waals surface area contributed by atoms with E-state index in [0.29, 0.717) is 23.0 Å². The lowest BCUT2D eigenvalue weighted by Crippen LogP contribution is -2.38. The zero-order chi connectivity index (χ0) is 21.0. The minimum absolute atomic E-state index is 0.00294. The van der Waals surface area contributed by atoms with E-state index in [0.717, 1.165) is 10.5 Å². The zero-order valence-electron chi connectivity index (χ0n) is 16.2. The fraction of sp³-hybridized carbons (Fsp3) is 0.300. The van der Waals surface area contributed by atoms with Gasteiger partial charge in [-0.15, -0.1) is 0 Å². The van der Waals surface area contributed by atoms with E-state index in [4.69, 9.17) is 11.6 Å². The Morgan fingerprint density at radius 1 is 1.28 bits per heavy atom. The number of hydrogen-bond acceptors (Lipinski definition) is 4. The van der Waals surface area contributed by atoms with E-state index in [2.05, 4.69) is 15.7 Å². The van der Waals surface area contributed by atoms with Crippen molar-refractivity contribution in [2.45, 2.75) is 20.4 Å². The normalized spacial score (nSPS) is 14.0. The molecule has 152 valence electrons. The van der Waals surface area contributed by atoms with E-state index in [1.807, 2.05) is 38.1 Å². The molecule has 2 heterocycles. The van der Waals surface area contributed by atoms with Crippen molar-refractivity contribution in [3.8, 4) is 0 Å². The van der Waals surface area contributed by atoms with Crippen molar-refractivity contribution in [2.75, 3.05) is 19.6 Å². The van der Waals surface area contributed by atoms with Crippen LogP contribution >= 0.6 is 11.6 Å². The Hall–Kier alpha value is -3.13. The lowest BCUT2D eigenvalue weighted by Gasteiger charge is -2.11. The van der Waals surface area contributed by atoms with Gasteiger partial charge >= 0.3 is 6.03 Å². The topological polar surface area (TPSA) is 96.3 Å². The minimum atomic E-state index is -0.441. The van der Waals surface area contributed by atoms with Gasteiger partial charge in [0.05, 0.1) is 18.8 Å². The molecule has 0 atom stereocenters. The quantitative estimate of drug-likeness (QED) is 0.533. The summed E-state index contributed by atoms with van der Waals surface area (Å²) in [4.78, 5) is 36.0. The smallest absolute Gasteiger partial charge is 0.324 e. The number of rotatable bonds is 7. The van der Waals surface area contributed by atoms with E-state index >= 15 is 0 Å². The molecular formula is C20H22ClN5O3. The molecule has 9 heteroatoms. The van der Waals surface area contributed by atoms with E-state index in [1.54, 1.807) is 10.8 Å². The van der Waals surface area contributed by atoms with Crippen LogP contribution in [-0.4, -0.2) is 52.2 Å². The van der Waals surface area contributed by atoms with Crippen molar-refractivity contribution in [3.05, 3.63) is 57.9 Å². The maximum atomic E-state index is 12.0. The van der Waals surface area contributed by atoms with Crippen LogP contribution in [0.4, 0.5) is 4.79 Å². The van der Waals surface area contributed by atoms with Gasteiger partial charge in [-0.1, -0.05) is 41.4 Å². The van der Waals surface area contributed by atoms with E-state index in [1.165, 1.54) is 11.6 Å². The number of nitrogens with zero attached hydrogens (tertiary/aromatic N) is 3. The second-order valence-corrected chi connectivity index (χ2v) is 7.12. The number of urea groups is 1. The summed E-state index contributed by atoms with van der Waals surface area (Å²) in [7, 11) is 0. The van der Waals surface area contributed by atoms with Crippen molar-refractivity contribution in [1.29, 1.82) is 0 Å². The Bertz CT molecular complexity index is 949. The molecule has 3 rings (SSSR count). The first-order valence-corrected chi connectivity index (χ1v) is 9.55. The molecule has 0 bridgehead atoms. The number of carbonyl (C=O) groups is 3. The number of benzene rings is 1. The standard InChI is InChI=1S/C20H22ClN5O3/c1-13-3-5-15(6-4-13)12-26-19(21)16(14(2)24-26)7-8-17(27)22-9-10-25-18(28)11-23-20(25)29/h3-8H,9-12H2,1-2H3,(H,22,27)(H,23,29)/b8-7+. The Morgan fingerprint density at radius 2 is 2.00 bits per heavy atom. The minimum Gasteiger partial charge on any atom is -0.351 e. The first-order chi connectivity index (χ1) is 13.8. The third-order valence-electron chi connectivity index (χ3n) is 4.54. The van der Waals surface area contributed by atoms with Crippen LogP contribution < -0.4 is 10.6 Å². The number of aryl methyl sites for hydroxylation is 2. The van der Waals surface area contributed by atoms with Gasteiger partial charge in [0.2, 0.25) is 11.8 Å². The van der Waals surface area contributed by atoms with Crippen molar-refractivity contribution >= 4 is 35.5 Å². The van der Waals surface area contributed by atoms with Gasteiger partial charge in [0.15, 0.2) is 0 Å². The van der Waals surface area contributed by atoms with Gasteiger partial charge in [-0.25, -0.2) is 9.48 Å². The molecular weight excluding hydrogens is 394 g/mol. The maximum absolute atomic E-state index is 12.0. The van der Waals surface area contributed by atoms with Gasteiger partial charge in [-0.05, 0) is 25.5 Å². The first-order valence-electron chi connectivity index (χ1n) is 9.17. The van der Waals surface area contributed by atoms with Gasteiger partial charge in [-0.3, -0.25) is 14.5 Å². The van der Waals surface area contributed by atoms with E-state index in [9.17, 15) is 14.4 Å². The number of carbonyl (C=O) groups excluding carboxylic acids is 3. The lowest BCUT2D eigenvalue weighted by atomic mass is 10.1. The van der Waals surface area contributed by atoms with Crippen molar-refractivity contribution < 1.29 is 14.4 Å². The molecule has 1 aromatic heterocycles. The highest BCUT2D eigenvalue weighted by Gasteiger charge is 2.27. The summed E-state index contributed by atoms with van der Waals surface area (Å²) in [6, 6.07) is 7.67. The van der Waals surface area contributed by atoms with Crippen molar-refractivity contribution in [1.82, 2.24) is 25.3 Å². The monoisotopic (exact) mass is 415 g/mol. The molecule has 29 heavy (non-hydrogen) atoms. The maximum Gasteiger partial charge on any atom is 0.324 e. The lowest BCUT2D eigenvalue weighted by molar-refractivity contribution is -0.125. The third kappa shape index (κ3) is 5.03. The fourth-order valence-corrected chi connectivity index (χ4v) is 3.22. The Kier molecular flexibility index (Phi) is 6.33. The van der Waals surface area contributed by atoms with Crippen LogP contribution in [-0.2, 0) is 16.1 Å². The fourth-order valence-electron chi connectivity index (χ4n) is 2.92. The average molecular weight is 416 g/mol. The molecule has 1 saturated heterocycles. The van der Waals surface area contributed by atoms with E-state index < -0.39 is 6.03 Å². The largest absolute Gasteiger partial charge is 0.351 e. The predicted octanol–water partition coefficient (Wildman–Crippen LogP) is 1.88. The number of nitrogens with one attached hydrogen (secondary N) is 2. The first kappa shape index (κ1) is 20.6. The van der Waals surface area contributed by atoms with Crippen LogP contribution in [0.2, 0.25) is 5.15 Å². The molecule has 0 unspecified atom stereocenters. The van der Waals surface area contributed by atoms with Gasteiger partial charge in [0.1, 0.15) is 5.15 Å².